The molecule has 0 saturated heterocycles. The Labute approximate surface area is 145 Å². The number of amides is 1. The number of nitrogens with one attached hydrogen (secondary N) is 1. The van der Waals surface area contributed by atoms with Gasteiger partial charge in [0.2, 0.25) is 0 Å². The predicted molar refractivity (Wildman–Crippen MR) is 92.5 cm³/mol. The minimum atomic E-state index is -0.395. The standard InChI is InChI=1S/C19H19FN2O3/c1-19(2)10-14-4-3-5-16(18(14)25-19)24-12-17(23)22-21-11-13-6-8-15(20)9-7-13/h3-9,11H,10,12H2,1-2H3,(H,22,23)/b21-11+. The molecule has 3 rings (SSSR count). The molecule has 1 N–H and O–H groups in total. The third-order valence-electron chi connectivity index (χ3n) is 3.69. The molecule has 0 atom stereocenters. The van der Waals surface area contributed by atoms with Gasteiger partial charge in [-0.1, -0.05) is 24.3 Å². The van der Waals surface area contributed by atoms with E-state index in [1.807, 2.05) is 26.0 Å². The van der Waals surface area contributed by atoms with E-state index in [9.17, 15) is 9.18 Å². The van der Waals surface area contributed by atoms with E-state index < -0.39 is 5.91 Å². The maximum atomic E-state index is 12.8. The number of halogens is 1. The Morgan fingerprint density at radius 2 is 2.08 bits per heavy atom. The normalized spacial score (nSPS) is 14.8. The summed E-state index contributed by atoms with van der Waals surface area (Å²) in [5, 5.41) is 3.82. The number of nitrogens with zero attached hydrogens (tertiary/aromatic N) is 1. The highest BCUT2D eigenvalue weighted by atomic mass is 19.1. The van der Waals surface area contributed by atoms with Crippen LogP contribution in [0, 0.1) is 5.82 Å². The zero-order valence-electron chi connectivity index (χ0n) is 14.1. The summed E-state index contributed by atoms with van der Waals surface area (Å²) in [7, 11) is 0. The lowest BCUT2D eigenvalue weighted by molar-refractivity contribution is -0.123. The van der Waals surface area contributed by atoms with Crippen LogP contribution in [0.1, 0.15) is 25.0 Å². The summed E-state index contributed by atoms with van der Waals surface area (Å²) >= 11 is 0. The van der Waals surface area contributed by atoms with Crippen molar-refractivity contribution in [2.75, 3.05) is 6.61 Å². The summed E-state index contributed by atoms with van der Waals surface area (Å²) in [5.41, 5.74) is 3.84. The number of hydrogen-bond donors (Lipinski definition) is 1. The van der Waals surface area contributed by atoms with Crippen molar-refractivity contribution < 1.29 is 18.7 Å². The van der Waals surface area contributed by atoms with E-state index in [2.05, 4.69) is 10.5 Å². The molecular formula is C19H19FN2O3. The molecule has 0 radical (unpaired) electrons. The Morgan fingerprint density at radius 1 is 1.32 bits per heavy atom. The van der Waals surface area contributed by atoms with Crippen LogP contribution in [0.3, 0.4) is 0 Å². The zero-order valence-corrected chi connectivity index (χ0v) is 14.1. The molecule has 0 aliphatic carbocycles. The smallest absolute Gasteiger partial charge is 0.277 e. The van der Waals surface area contributed by atoms with Crippen LogP contribution in [0.2, 0.25) is 0 Å². The highest BCUT2D eigenvalue weighted by molar-refractivity contribution is 5.82. The summed E-state index contributed by atoms with van der Waals surface area (Å²) in [6, 6.07) is 11.4. The van der Waals surface area contributed by atoms with Crippen LogP contribution >= 0.6 is 0 Å². The average molecular weight is 342 g/mol. The van der Waals surface area contributed by atoms with Gasteiger partial charge < -0.3 is 9.47 Å². The van der Waals surface area contributed by atoms with Gasteiger partial charge in [-0.25, -0.2) is 9.82 Å². The van der Waals surface area contributed by atoms with Crippen molar-refractivity contribution >= 4 is 12.1 Å². The first-order valence-corrected chi connectivity index (χ1v) is 7.94. The third kappa shape index (κ3) is 4.35. The van der Waals surface area contributed by atoms with E-state index in [1.54, 1.807) is 18.2 Å². The van der Waals surface area contributed by atoms with E-state index in [4.69, 9.17) is 9.47 Å². The highest BCUT2D eigenvalue weighted by Gasteiger charge is 2.32. The van der Waals surface area contributed by atoms with Gasteiger partial charge in [0, 0.05) is 12.0 Å². The van der Waals surface area contributed by atoms with E-state index in [-0.39, 0.29) is 18.0 Å². The Morgan fingerprint density at radius 3 is 2.84 bits per heavy atom. The molecule has 1 amide bonds. The lowest BCUT2D eigenvalue weighted by atomic mass is 10.0. The quantitative estimate of drug-likeness (QED) is 0.671. The number of carbonyl (C=O) groups excluding carboxylic acids is 1. The molecule has 1 aliphatic rings. The number of rotatable bonds is 5. The fraction of sp³-hybridized carbons (Fsp3) is 0.263. The SMILES string of the molecule is CC1(C)Cc2cccc(OCC(=O)N/N=C/c3ccc(F)cc3)c2O1. The lowest BCUT2D eigenvalue weighted by Crippen LogP contribution is -2.26. The van der Waals surface area contributed by atoms with Crippen LogP contribution in [0.15, 0.2) is 47.6 Å². The van der Waals surface area contributed by atoms with Crippen LogP contribution in [0.25, 0.3) is 0 Å². The summed E-state index contributed by atoms with van der Waals surface area (Å²) < 4.78 is 24.3. The zero-order chi connectivity index (χ0) is 17.9. The Hall–Kier alpha value is -2.89. The van der Waals surface area contributed by atoms with Gasteiger partial charge in [0.1, 0.15) is 11.4 Å². The van der Waals surface area contributed by atoms with E-state index in [1.165, 1.54) is 18.3 Å². The van der Waals surface area contributed by atoms with Crippen molar-refractivity contribution in [3.05, 3.63) is 59.4 Å². The second kappa shape index (κ2) is 6.93. The first kappa shape index (κ1) is 17.0. The molecule has 0 bridgehead atoms. The topological polar surface area (TPSA) is 59.9 Å². The molecule has 1 aliphatic heterocycles. The van der Waals surface area contributed by atoms with Crippen LogP contribution in [0.5, 0.6) is 11.5 Å². The first-order chi connectivity index (χ1) is 11.9. The van der Waals surface area contributed by atoms with Gasteiger partial charge in [-0.2, -0.15) is 5.10 Å². The van der Waals surface area contributed by atoms with Gasteiger partial charge in [-0.05, 0) is 37.6 Å². The summed E-state index contributed by atoms with van der Waals surface area (Å²) in [4.78, 5) is 11.8. The molecule has 0 saturated carbocycles. The first-order valence-electron chi connectivity index (χ1n) is 7.94. The Kier molecular flexibility index (Phi) is 4.70. The van der Waals surface area contributed by atoms with Crippen molar-refractivity contribution in [3.63, 3.8) is 0 Å². The van der Waals surface area contributed by atoms with Gasteiger partial charge in [0.15, 0.2) is 18.1 Å². The molecule has 0 fully saturated rings. The van der Waals surface area contributed by atoms with Crippen molar-refractivity contribution in [1.82, 2.24) is 5.43 Å². The number of carbonyl (C=O) groups is 1. The third-order valence-corrected chi connectivity index (χ3v) is 3.69. The number of hydrogen-bond acceptors (Lipinski definition) is 4. The van der Waals surface area contributed by atoms with E-state index in [0.29, 0.717) is 17.1 Å². The molecule has 0 spiro atoms. The number of benzene rings is 2. The van der Waals surface area contributed by atoms with Gasteiger partial charge in [-0.3, -0.25) is 4.79 Å². The predicted octanol–water partition coefficient (Wildman–Crippen LogP) is 3.07. The van der Waals surface area contributed by atoms with E-state index in [0.717, 1.165) is 12.0 Å². The molecule has 5 nitrogen and oxygen atoms in total. The minimum Gasteiger partial charge on any atom is -0.483 e. The van der Waals surface area contributed by atoms with Crippen molar-refractivity contribution in [2.45, 2.75) is 25.9 Å². The molecular weight excluding hydrogens is 323 g/mol. The molecule has 0 unspecified atom stereocenters. The molecule has 25 heavy (non-hydrogen) atoms. The monoisotopic (exact) mass is 342 g/mol. The fourth-order valence-electron chi connectivity index (χ4n) is 2.60. The van der Waals surface area contributed by atoms with Gasteiger partial charge in [-0.15, -0.1) is 0 Å². The summed E-state index contributed by atoms with van der Waals surface area (Å²) in [6.07, 6.45) is 2.23. The Bertz CT molecular complexity index is 801. The Balaban J connectivity index is 1.54. The van der Waals surface area contributed by atoms with Crippen LogP contribution in [-0.2, 0) is 11.2 Å². The lowest BCUT2D eigenvalue weighted by Gasteiger charge is -2.18. The van der Waals surface area contributed by atoms with Crippen LogP contribution in [0.4, 0.5) is 4.39 Å². The van der Waals surface area contributed by atoms with Crippen molar-refractivity contribution in [2.24, 2.45) is 5.10 Å². The highest BCUT2D eigenvalue weighted by Crippen LogP contribution is 2.41. The molecule has 130 valence electrons. The molecule has 2 aromatic rings. The number of ether oxygens (including phenoxy) is 2. The summed E-state index contributed by atoms with van der Waals surface area (Å²) in [6.45, 7) is 3.84. The molecule has 1 heterocycles. The van der Waals surface area contributed by atoms with Gasteiger partial charge >= 0.3 is 0 Å². The maximum absolute atomic E-state index is 12.8. The number of para-hydroxylation sites is 1. The second-order valence-electron chi connectivity index (χ2n) is 6.42. The van der Waals surface area contributed by atoms with Gasteiger partial charge in [0.05, 0.1) is 6.21 Å². The number of fused-ring (bicyclic) bond motifs is 1. The van der Waals surface area contributed by atoms with Crippen LogP contribution in [-0.4, -0.2) is 24.3 Å². The largest absolute Gasteiger partial charge is 0.483 e. The van der Waals surface area contributed by atoms with Crippen LogP contribution < -0.4 is 14.9 Å². The minimum absolute atomic E-state index is 0.180. The second-order valence-corrected chi connectivity index (χ2v) is 6.42. The van der Waals surface area contributed by atoms with E-state index >= 15 is 0 Å². The number of hydrazone groups is 1. The van der Waals surface area contributed by atoms with Crippen molar-refractivity contribution in [3.8, 4) is 11.5 Å². The molecule has 0 aromatic heterocycles. The fourth-order valence-corrected chi connectivity index (χ4v) is 2.60. The maximum Gasteiger partial charge on any atom is 0.277 e. The molecule has 6 heteroatoms. The van der Waals surface area contributed by atoms with Gasteiger partial charge in [0.25, 0.3) is 5.91 Å². The summed E-state index contributed by atoms with van der Waals surface area (Å²) in [5.74, 6) is 0.513. The molecule has 2 aromatic carbocycles. The van der Waals surface area contributed by atoms with Crippen molar-refractivity contribution in [1.29, 1.82) is 0 Å². The average Bonchev–Trinajstić information content (AvgIpc) is 2.89.